The van der Waals surface area contributed by atoms with Crippen molar-refractivity contribution in [3.63, 3.8) is 0 Å². The molecule has 1 atom stereocenters. The lowest BCUT2D eigenvalue weighted by Crippen LogP contribution is -2.38. The van der Waals surface area contributed by atoms with E-state index in [1.54, 1.807) is 0 Å². The van der Waals surface area contributed by atoms with Gasteiger partial charge in [0.15, 0.2) is 18.1 Å². The van der Waals surface area contributed by atoms with Gasteiger partial charge in [0.1, 0.15) is 6.54 Å². The predicted molar refractivity (Wildman–Crippen MR) is 96.0 cm³/mol. The quantitative estimate of drug-likeness (QED) is 0.547. The number of rotatable bonds is 10. The molecule has 27 heavy (non-hydrogen) atoms. The molecule has 1 fully saturated rings. The molecule has 0 unspecified atom stereocenters. The molecule has 0 aromatic heterocycles. The molecule has 2 rings (SSSR count). The van der Waals surface area contributed by atoms with Gasteiger partial charge >= 0.3 is 5.97 Å². The van der Waals surface area contributed by atoms with Crippen molar-refractivity contribution in [2.45, 2.75) is 30.7 Å². The molecule has 0 radical (unpaired) electrons. The number of methoxy groups -OCH3 is 2. The van der Waals surface area contributed by atoms with Crippen molar-refractivity contribution in [1.29, 1.82) is 0 Å². The standard InChI is InChI=1S/C17H24N2O7S/c1-11(12-4-5-12)19-16(20)10-26-17(21)9-18-27(22,23)13-6-7-14(24-2)15(8-13)25-3/h6-8,11-12,18H,4-5,9-10H2,1-3H3,(H,19,20)/t11-/m0/s1. The molecule has 1 saturated carbocycles. The van der Waals surface area contributed by atoms with Crippen molar-refractivity contribution >= 4 is 21.9 Å². The molecule has 0 bridgehead atoms. The SMILES string of the molecule is COc1ccc(S(=O)(=O)NCC(=O)OCC(=O)N[C@@H](C)C2CC2)cc1OC. The monoisotopic (exact) mass is 400 g/mol. The number of hydrogen-bond donors (Lipinski definition) is 2. The molecule has 150 valence electrons. The molecule has 1 aromatic rings. The van der Waals surface area contributed by atoms with E-state index in [-0.39, 0.29) is 16.7 Å². The van der Waals surface area contributed by atoms with Gasteiger partial charge in [-0.3, -0.25) is 9.59 Å². The number of carbonyl (C=O) groups is 2. The van der Waals surface area contributed by atoms with Crippen molar-refractivity contribution in [3.05, 3.63) is 18.2 Å². The molecule has 1 amide bonds. The van der Waals surface area contributed by atoms with E-state index in [2.05, 4.69) is 10.0 Å². The van der Waals surface area contributed by atoms with Gasteiger partial charge in [-0.05, 0) is 37.8 Å². The van der Waals surface area contributed by atoms with Crippen LogP contribution in [0, 0.1) is 5.92 Å². The highest BCUT2D eigenvalue weighted by atomic mass is 32.2. The van der Waals surface area contributed by atoms with Crippen molar-refractivity contribution in [3.8, 4) is 11.5 Å². The van der Waals surface area contributed by atoms with E-state index < -0.39 is 35.1 Å². The molecule has 1 aliphatic carbocycles. The van der Waals surface area contributed by atoms with E-state index in [1.165, 1.54) is 32.4 Å². The summed E-state index contributed by atoms with van der Waals surface area (Å²) in [6.45, 7) is 0.852. The van der Waals surface area contributed by atoms with Crippen LogP contribution in [0.2, 0.25) is 0 Å². The highest BCUT2D eigenvalue weighted by Crippen LogP contribution is 2.32. The molecule has 1 aliphatic rings. The summed E-state index contributed by atoms with van der Waals surface area (Å²) in [5.74, 6) is -0.163. The topological polar surface area (TPSA) is 120 Å². The summed E-state index contributed by atoms with van der Waals surface area (Å²) in [5, 5.41) is 2.74. The summed E-state index contributed by atoms with van der Waals surface area (Å²) in [6.07, 6.45) is 2.16. The van der Waals surface area contributed by atoms with Gasteiger partial charge in [-0.15, -0.1) is 0 Å². The molecule has 0 heterocycles. The first-order valence-electron chi connectivity index (χ1n) is 8.43. The van der Waals surface area contributed by atoms with E-state index in [0.29, 0.717) is 11.7 Å². The van der Waals surface area contributed by atoms with Gasteiger partial charge in [0.2, 0.25) is 10.0 Å². The first kappa shape index (κ1) is 21.0. The number of carbonyl (C=O) groups excluding carboxylic acids is 2. The van der Waals surface area contributed by atoms with Crippen LogP contribution in [0.25, 0.3) is 0 Å². The van der Waals surface area contributed by atoms with Crippen LogP contribution in [0.1, 0.15) is 19.8 Å². The Bertz CT molecular complexity index is 790. The second kappa shape index (κ2) is 9.05. The average molecular weight is 400 g/mol. The third-order valence-corrected chi connectivity index (χ3v) is 5.55. The maximum Gasteiger partial charge on any atom is 0.321 e. The third-order valence-electron chi connectivity index (χ3n) is 4.15. The highest BCUT2D eigenvalue weighted by molar-refractivity contribution is 7.89. The predicted octanol–water partition coefficient (Wildman–Crippen LogP) is 0.440. The zero-order chi connectivity index (χ0) is 20.0. The van der Waals surface area contributed by atoms with E-state index in [1.807, 2.05) is 6.92 Å². The van der Waals surface area contributed by atoms with E-state index in [0.717, 1.165) is 12.8 Å². The van der Waals surface area contributed by atoms with Crippen LogP contribution in [0.5, 0.6) is 11.5 Å². The third kappa shape index (κ3) is 6.10. The Kier molecular flexibility index (Phi) is 7.03. The lowest BCUT2D eigenvalue weighted by molar-refractivity contribution is -0.147. The highest BCUT2D eigenvalue weighted by Gasteiger charge is 2.29. The maximum absolute atomic E-state index is 12.3. The summed E-state index contributed by atoms with van der Waals surface area (Å²) < 4.78 is 41.6. The van der Waals surface area contributed by atoms with Gasteiger partial charge in [0, 0.05) is 12.1 Å². The van der Waals surface area contributed by atoms with Crippen molar-refractivity contribution in [1.82, 2.24) is 10.0 Å². The van der Waals surface area contributed by atoms with Crippen LogP contribution in [-0.4, -0.2) is 53.7 Å². The fourth-order valence-corrected chi connectivity index (χ4v) is 3.41. The number of ether oxygens (including phenoxy) is 3. The van der Waals surface area contributed by atoms with Gasteiger partial charge in [0.25, 0.3) is 5.91 Å². The number of amides is 1. The van der Waals surface area contributed by atoms with Crippen LogP contribution < -0.4 is 19.5 Å². The summed E-state index contributed by atoms with van der Waals surface area (Å²) in [7, 11) is -1.14. The van der Waals surface area contributed by atoms with Crippen molar-refractivity contribution in [2.75, 3.05) is 27.4 Å². The molecule has 2 N–H and O–H groups in total. The minimum atomic E-state index is -3.96. The Morgan fingerprint density at radius 2 is 1.85 bits per heavy atom. The Balaban J connectivity index is 1.83. The minimum Gasteiger partial charge on any atom is -0.493 e. The molecule has 9 nitrogen and oxygen atoms in total. The van der Waals surface area contributed by atoms with E-state index in [4.69, 9.17) is 14.2 Å². The second-order valence-electron chi connectivity index (χ2n) is 6.20. The minimum absolute atomic E-state index is 0.0414. The molecule has 10 heteroatoms. The molecular formula is C17H24N2O7S. The zero-order valence-corrected chi connectivity index (χ0v) is 16.3. The molecule has 1 aromatic carbocycles. The van der Waals surface area contributed by atoms with Crippen molar-refractivity contribution < 1.29 is 32.2 Å². The Morgan fingerprint density at radius 3 is 2.44 bits per heavy atom. The molecule has 0 spiro atoms. The van der Waals surface area contributed by atoms with Crippen LogP contribution in [0.15, 0.2) is 23.1 Å². The number of benzene rings is 1. The average Bonchev–Trinajstić information content (AvgIpc) is 3.49. The van der Waals surface area contributed by atoms with E-state index >= 15 is 0 Å². The van der Waals surface area contributed by atoms with Gasteiger partial charge in [-0.2, -0.15) is 4.72 Å². The maximum atomic E-state index is 12.3. The van der Waals surface area contributed by atoms with Crippen LogP contribution in [0.4, 0.5) is 0 Å². The van der Waals surface area contributed by atoms with Crippen LogP contribution >= 0.6 is 0 Å². The summed E-state index contributed by atoms with van der Waals surface area (Å²) in [6, 6.07) is 4.08. The van der Waals surface area contributed by atoms with Gasteiger partial charge in [-0.1, -0.05) is 0 Å². The number of nitrogens with one attached hydrogen (secondary N) is 2. The number of hydrogen-bond acceptors (Lipinski definition) is 7. The van der Waals surface area contributed by atoms with Crippen LogP contribution in [-0.2, 0) is 24.3 Å². The normalized spacial score (nSPS) is 14.9. The summed E-state index contributed by atoms with van der Waals surface area (Å²) in [5.41, 5.74) is 0. The smallest absolute Gasteiger partial charge is 0.321 e. The summed E-state index contributed by atoms with van der Waals surface area (Å²) in [4.78, 5) is 23.3. The lowest BCUT2D eigenvalue weighted by Gasteiger charge is -2.13. The first-order valence-corrected chi connectivity index (χ1v) is 9.92. The second-order valence-corrected chi connectivity index (χ2v) is 7.96. The number of sulfonamides is 1. The fourth-order valence-electron chi connectivity index (χ4n) is 2.43. The van der Waals surface area contributed by atoms with Crippen LogP contribution in [0.3, 0.4) is 0 Å². The molecular weight excluding hydrogens is 376 g/mol. The lowest BCUT2D eigenvalue weighted by atomic mass is 10.2. The summed E-state index contributed by atoms with van der Waals surface area (Å²) >= 11 is 0. The zero-order valence-electron chi connectivity index (χ0n) is 15.5. The Labute approximate surface area is 158 Å². The Morgan fingerprint density at radius 1 is 1.19 bits per heavy atom. The Hall–Kier alpha value is -2.33. The van der Waals surface area contributed by atoms with Gasteiger partial charge in [-0.25, -0.2) is 8.42 Å². The van der Waals surface area contributed by atoms with Gasteiger partial charge in [0.05, 0.1) is 19.1 Å². The largest absolute Gasteiger partial charge is 0.493 e. The molecule has 0 aliphatic heterocycles. The van der Waals surface area contributed by atoms with E-state index in [9.17, 15) is 18.0 Å². The fraction of sp³-hybridized carbons (Fsp3) is 0.529. The van der Waals surface area contributed by atoms with Gasteiger partial charge < -0.3 is 19.5 Å². The number of esters is 1. The molecule has 0 saturated heterocycles. The van der Waals surface area contributed by atoms with Crippen molar-refractivity contribution in [2.24, 2.45) is 5.92 Å². The first-order chi connectivity index (χ1) is 12.8.